The molecule has 1 saturated heterocycles. The first-order chi connectivity index (χ1) is 16.3. The topological polar surface area (TPSA) is 85.3 Å². The molecule has 1 aliphatic heterocycles. The van der Waals surface area contributed by atoms with E-state index in [1.54, 1.807) is 25.3 Å². The van der Waals surface area contributed by atoms with Crippen molar-refractivity contribution < 1.29 is 28.9 Å². The predicted octanol–water partition coefficient (Wildman–Crippen LogP) is 4.64. The molecule has 7 nitrogen and oxygen atoms in total. The highest BCUT2D eigenvalue weighted by Gasteiger charge is 2.46. The number of hydrogen-bond acceptors (Lipinski definition) is 6. The Labute approximate surface area is 200 Å². The van der Waals surface area contributed by atoms with E-state index in [9.17, 15) is 14.7 Å². The molecular weight excluding hydrogens is 434 g/mol. The van der Waals surface area contributed by atoms with Crippen molar-refractivity contribution in [2.75, 3.05) is 26.9 Å². The number of benzene rings is 2. The number of carbonyl (C=O) groups is 2. The zero-order valence-corrected chi connectivity index (χ0v) is 20.5. The Morgan fingerprint density at radius 1 is 1.12 bits per heavy atom. The Morgan fingerprint density at radius 3 is 2.50 bits per heavy atom. The zero-order chi connectivity index (χ0) is 24.8. The van der Waals surface area contributed by atoms with Crippen molar-refractivity contribution in [3.8, 4) is 11.5 Å². The molecule has 1 heterocycles. The van der Waals surface area contributed by atoms with Crippen LogP contribution in [-0.4, -0.2) is 54.7 Å². The summed E-state index contributed by atoms with van der Waals surface area (Å²) in [5.41, 5.74) is 1.96. The van der Waals surface area contributed by atoms with Gasteiger partial charge in [0.15, 0.2) is 0 Å². The van der Waals surface area contributed by atoms with Crippen LogP contribution >= 0.6 is 0 Å². The van der Waals surface area contributed by atoms with E-state index in [4.69, 9.17) is 14.2 Å². The molecule has 1 unspecified atom stereocenters. The van der Waals surface area contributed by atoms with Crippen molar-refractivity contribution in [3.63, 3.8) is 0 Å². The van der Waals surface area contributed by atoms with Gasteiger partial charge < -0.3 is 24.2 Å². The molecule has 34 heavy (non-hydrogen) atoms. The van der Waals surface area contributed by atoms with Crippen molar-refractivity contribution in [2.24, 2.45) is 0 Å². The fourth-order valence-corrected chi connectivity index (χ4v) is 4.15. The number of methoxy groups -OCH3 is 1. The van der Waals surface area contributed by atoms with Crippen molar-refractivity contribution in [3.05, 3.63) is 64.7 Å². The number of aliphatic hydroxyl groups excluding tert-OH is 1. The second-order valence-electron chi connectivity index (χ2n) is 8.46. The summed E-state index contributed by atoms with van der Waals surface area (Å²) in [6.45, 7) is 8.86. The normalized spacial score (nSPS) is 17.5. The van der Waals surface area contributed by atoms with Crippen molar-refractivity contribution >= 4 is 17.4 Å². The van der Waals surface area contributed by atoms with Crippen LogP contribution in [0.4, 0.5) is 0 Å². The maximum absolute atomic E-state index is 13.2. The maximum atomic E-state index is 13.2. The number of aryl methyl sites for hydroxylation is 1. The average molecular weight is 468 g/mol. The van der Waals surface area contributed by atoms with Gasteiger partial charge in [0.2, 0.25) is 0 Å². The van der Waals surface area contributed by atoms with Crippen molar-refractivity contribution in [2.45, 2.75) is 46.3 Å². The summed E-state index contributed by atoms with van der Waals surface area (Å²) < 4.78 is 16.7. The van der Waals surface area contributed by atoms with Crippen LogP contribution in [0.2, 0.25) is 0 Å². The fraction of sp³-hybridized carbons (Fsp3) is 0.407. The fourth-order valence-electron chi connectivity index (χ4n) is 4.15. The highest BCUT2D eigenvalue weighted by Crippen LogP contribution is 2.43. The number of nitrogens with zero attached hydrogens (tertiary/aromatic N) is 1. The van der Waals surface area contributed by atoms with E-state index in [2.05, 4.69) is 0 Å². The molecule has 1 amide bonds. The zero-order valence-electron chi connectivity index (χ0n) is 20.5. The molecule has 1 N–H and O–H groups in total. The van der Waals surface area contributed by atoms with Gasteiger partial charge in [-0.1, -0.05) is 18.2 Å². The van der Waals surface area contributed by atoms with Crippen LogP contribution in [0.1, 0.15) is 49.9 Å². The number of likely N-dealkylation sites (tertiary alicyclic amines) is 1. The quantitative estimate of drug-likeness (QED) is 0.237. The number of ketones is 1. The number of rotatable bonds is 10. The first kappa shape index (κ1) is 25.3. The highest BCUT2D eigenvalue weighted by atomic mass is 16.5. The van der Waals surface area contributed by atoms with E-state index in [1.807, 2.05) is 52.0 Å². The minimum absolute atomic E-state index is 0.0470. The van der Waals surface area contributed by atoms with Gasteiger partial charge >= 0.3 is 0 Å². The largest absolute Gasteiger partial charge is 0.507 e. The Kier molecular flexibility index (Phi) is 8.34. The first-order valence-corrected chi connectivity index (χ1v) is 11.6. The van der Waals surface area contributed by atoms with E-state index < -0.39 is 17.7 Å². The van der Waals surface area contributed by atoms with Crippen LogP contribution < -0.4 is 9.47 Å². The molecular formula is C27H33NO6. The smallest absolute Gasteiger partial charge is 0.295 e. The Hall–Kier alpha value is -3.32. The third-order valence-corrected chi connectivity index (χ3v) is 5.61. The summed E-state index contributed by atoms with van der Waals surface area (Å²) in [7, 11) is 1.59. The number of ether oxygens (including phenoxy) is 3. The van der Waals surface area contributed by atoms with Crippen LogP contribution in [0.3, 0.4) is 0 Å². The Balaban J connectivity index is 2.16. The van der Waals surface area contributed by atoms with Gasteiger partial charge in [-0.3, -0.25) is 9.59 Å². The summed E-state index contributed by atoms with van der Waals surface area (Å²) in [6.07, 6.45) is 0.445. The van der Waals surface area contributed by atoms with Crippen LogP contribution in [0, 0.1) is 6.92 Å². The second-order valence-corrected chi connectivity index (χ2v) is 8.46. The van der Waals surface area contributed by atoms with E-state index in [-0.39, 0.29) is 17.4 Å². The summed E-state index contributed by atoms with van der Waals surface area (Å²) in [6, 6.07) is 11.7. The van der Waals surface area contributed by atoms with Gasteiger partial charge in [-0.25, -0.2) is 0 Å². The molecule has 1 atom stereocenters. The maximum Gasteiger partial charge on any atom is 0.295 e. The van der Waals surface area contributed by atoms with Crippen LogP contribution in [0.5, 0.6) is 11.5 Å². The monoisotopic (exact) mass is 467 g/mol. The molecule has 1 aliphatic rings. The molecule has 1 fully saturated rings. The van der Waals surface area contributed by atoms with Crippen LogP contribution in [0.25, 0.3) is 5.76 Å². The van der Waals surface area contributed by atoms with Gasteiger partial charge in [-0.2, -0.15) is 0 Å². The molecule has 0 aromatic heterocycles. The standard InChI is InChI=1S/C27H33NO6/c1-6-33-21-13-12-19(16-18(21)4)25(29)23-24(20-10-7-8-11-22(20)34-17(2)3)28(14-9-15-32-5)27(31)26(23)30/h7-8,10-13,16-17,24,29H,6,9,14-15H2,1-5H3/b25-23-. The van der Waals surface area contributed by atoms with E-state index in [1.165, 1.54) is 4.90 Å². The second kappa shape index (κ2) is 11.2. The third kappa shape index (κ3) is 5.25. The number of para-hydroxylation sites is 1. The van der Waals surface area contributed by atoms with Gasteiger partial charge in [0.25, 0.3) is 11.7 Å². The molecule has 0 radical (unpaired) electrons. The molecule has 2 aromatic carbocycles. The van der Waals surface area contributed by atoms with Gasteiger partial charge in [-0.15, -0.1) is 0 Å². The minimum atomic E-state index is -0.779. The van der Waals surface area contributed by atoms with Crippen molar-refractivity contribution in [1.29, 1.82) is 0 Å². The van der Waals surface area contributed by atoms with E-state index in [0.29, 0.717) is 48.8 Å². The number of amides is 1. The van der Waals surface area contributed by atoms with Crippen LogP contribution in [0.15, 0.2) is 48.0 Å². The first-order valence-electron chi connectivity index (χ1n) is 11.6. The van der Waals surface area contributed by atoms with Gasteiger partial charge in [0, 0.05) is 31.4 Å². The highest BCUT2D eigenvalue weighted by molar-refractivity contribution is 6.46. The lowest BCUT2D eigenvalue weighted by Crippen LogP contribution is -2.31. The molecule has 3 rings (SSSR count). The Morgan fingerprint density at radius 2 is 1.85 bits per heavy atom. The number of Topliss-reactive ketones (excluding diaryl/α,β-unsaturated/α-hetero) is 1. The predicted molar refractivity (Wildman–Crippen MR) is 130 cm³/mol. The summed E-state index contributed by atoms with van der Waals surface area (Å²) in [5.74, 6) is -0.320. The van der Waals surface area contributed by atoms with Gasteiger partial charge in [0.05, 0.1) is 24.3 Å². The third-order valence-electron chi connectivity index (χ3n) is 5.61. The average Bonchev–Trinajstić information content (AvgIpc) is 3.05. The molecule has 7 heteroatoms. The van der Waals surface area contributed by atoms with Crippen LogP contribution in [-0.2, 0) is 14.3 Å². The molecule has 0 aliphatic carbocycles. The van der Waals surface area contributed by atoms with Crippen molar-refractivity contribution in [1.82, 2.24) is 4.90 Å². The molecule has 0 bridgehead atoms. The lowest BCUT2D eigenvalue weighted by molar-refractivity contribution is -0.140. The lowest BCUT2D eigenvalue weighted by atomic mass is 9.94. The molecule has 0 spiro atoms. The number of hydrogen-bond donors (Lipinski definition) is 1. The number of carbonyl (C=O) groups excluding carboxylic acids is 2. The molecule has 2 aromatic rings. The number of aliphatic hydroxyl groups is 1. The van der Waals surface area contributed by atoms with E-state index >= 15 is 0 Å². The minimum Gasteiger partial charge on any atom is -0.507 e. The lowest BCUT2D eigenvalue weighted by Gasteiger charge is -2.27. The summed E-state index contributed by atoms with van der Waals surface area (Å²) in [4.78, 5) is 27.8. The molecule has 0 saturated carbocycles. The summed E-state index contributed by atoms with van der Waals surface area (Å²) >= 11 is 0. The summed E-state index contributed by atoms with van der Waals surface area (Å²) in [5, 5.41) is 11.3. The van der Waals surface area contributed by atoms with Gasteiger partial charge in [0.1, 0.15) is 17.3 Å². The SMILES string of the molecule is CCOc1ccc(/C(O)=C2/C(=O)C(=O)N(CCCOC)C2c2ccccc2OC(C)C)cc1C. The van der Waals surface area contributed by atoms with Gasteiger partial charge in [-0.05, 0) is 63.9 Å². The Bertz CT molecular complexity index is 1070. The van der Waals surface area contributed by atoms with E-state index in [0.717, 1.165) is 5.56 Å². The molecule has 182 valence electrons.